The molecule has 2 aliphatic rings. The molecule has 4 aromatic rings. The summed E-state index contributed by atoms with van der Waals surface area (Å²) in [7, 11) is 0. The van der Waals surface area contributed by atoms with Gasteiger partial charge in [0.1, 0.15) is 5.82 Å². The summed E-state index contributed by atoms with van der Waals surface area (Å²) in [6.07, 6.45) is 4.82. The lowest BCUT2D eigenvalue weighted by Gasteiger charge is -2.25. The SMILES string of the molecule is O=C(Nc1nc2c(s1)CN(Cc1ccccc1)CC2)c1ccc2c(=O)n3c(nc2c1)CCCCC3. The third-order valence-corrected chi connectivity index (χ3v) is 7.86. The predicted octanol–water partition coefficient (Wildman–Crippen LogP) is 4.39. The van der Waals surface area contributed by atoms with E-state index in [1.54, 1.807) is 34.1 Å². The Morgan fingerprint density at radius 2 is 1.89 bits per heavy atom. The van der Waals surface area contributed by atoms with Gasteiger partial charge in [-0.2, -0.15) is 0 Å². The molecule has 2 aliphatic heterocycles. The molecule has 0 atom stereocenters. The van der Waals surface area contributed by atoms with Crippen molar-refractivity contribution in [1.29, 1.82) is 0 Å². The fraction of sp³-hybridized carbons (Fsp3) is 0.333. The molecule has 1 N–H and O–H groups in total. The molecule has 0 fully saturated rings. The van der Waals surface area contributed by atoms with Crippen LogP contribution in [0.25, 0.3) is 10.9 Å². The Balaban J connectivity index is 1.19. The minimum atomic E-state index is -0.226. The van der Waals surface area contributed by atoms with Crippen molar-refractivity contribution >= 4 is 33.3 Å². The van der Waals surface area contributed by atoms with Crippen molar-refractivity contribution in [2.24, 2.45) is 0 Å². The van der Waals surface area contributed by atoms with Crippen LogP contribution in [0.1, 0.15) is 51.6 Å². The first-order valence-corrected chi connectivity index (χ1v) is 13.1. The van der Waals surface area contributed by atoms with Crippen LogP contribution in [0.5, 0.6) is 0 Å². The molecule has 178 valence electrons. The topological polar surface area (TPSA) is 80.1 Å². The number of hydrogen-bond acceptors (Lipinski definition) is 6. The Morgan fingerprint density at radius 1 is 1.00 bits per heavy atom. The molecule has 0 saturated carbocycles. The molecular formula is C27H27N5O2S. The minimum Gasteiger partial charge on any atom is -0.298 e. The van der Waals surface area contributed by atoms with Gasteiger partial charge in [0.25, 0.3) is 11.5 Å². The van der Waals surface area contributed by atoms with Gasteiger partial charge >= 0.3 is 0 Å². The number of aromatic nitrogens is 3. The number of benzene rings is 2. The van der Waals surface area contributed by atoms with Gasteiger partial charge in [-0.15, -0.1) is 11.3 Å². The molecule has 6 rings (SSSR count). The Hall–Kier alpha value is -3.36. The van der Waals surface area contributed by atoms with Crippen molar-refractivity contribution in [2.45, 2.75) is 51.7 Å². The molecule has 0 spiro atoms. The van der Waals surface area contributed by atoms with Crippen molar-refractivity contribution in [3.05, 3.63) is 86.4 Å². The molecule has 0 aliphatic carbocycles. The van der Waals surface area contributed by atoms with Gasteiger partial charge in [-0.05, 0) is 36.6 Å². The minimum absolute atomic E-state index is 0.00786. The van der Waals surface area contributed by atoms with E-state index in [0.717, 1.165) is 69.8 Å². The fourth-order valence-electron chi connectivity index (χ4n) is 5.01. The van der Waals surface area contributed by atoms with Crippen LogP contribution in [0, 0.1) is 0 Å². The van der Waals surface area contributed by atoms with E-state index in [1.807, 2.05) is 6.07 Å². The fourth-order valence-corrected chi connectivity index (χ4v) is 6.05. The van der Waals surface area contributed by atoms with Crippen LogP contribution in [0.3, 0.4) is 0 Å². The lowest BCUT2D eigenvalue weighted by molar-refractivity contribution is 0.102. The number of nitrogens with zero attached hydrogens (tertiary/aromatic N) is 4. The zero-order chi connectivity index (χ0) is 23.8. The second-order valence-electron chi connectivity index (χ2n) is 9.32. The summed E-state index contributed by atoms with van der Waals surface area (Å²) in [5.41, 5.74) is 3.44. The average molecular weight is 486 g/mol. The van der Waals surface area contributed by atoms with Crippen molar-refractivity contribution in [1.82, 2.24) is 19.4 Å². The third-order valence-electron chi connectivity index (χ3n) is 6.86. The summed E-state index contributed by atoms with van der Waals surface area (Å²) in [6, 6.07) is 15.6. The Labute approximate surface area is 207 Å². The number of thiazole rings is 1. The second kappa shape index (κ2) is 9.36. The number of amides is 1. The first-order chi connectivity index (χ1) is 17.1. The highest BCUT2D eigenvalue weighted by atomic mass is 32.1. The molecule has 0 radical (unpaired) electrons. The van der Waals surface area contributed by atoms with Crippen molar-refractivity contribution in [2.75, 3.05) is 11.9 Å². The zero-order valence-corrected chi connectivity index (χ0v) is 20.3. The van der Waals surface area contributed by atoms with Crippen LogP contribution in [0.2, 0.25) is 0 Å². The highest BCUT2D eigenvalue weighted by molar-refractivity contribution is 7.15. The summed E-state index contributed by atoms with van der Waals surface area (Å²) < 4.78 is 1.80. The third kappa shape index (κ3) is 4.51. The number of anilines is 1. The van der Waals surface area contributed by atoms with Crippen LogP contribution >= 0.6 is 11.3 Å². The van der Waals surface area contributed by atoms with Gasteiger partial charge < -0.3 is 0 Å². The lowest BCUT2D eigenvalue weighted by Crippen LogP contribution is -2.29. The van der Waals surface area contributed by atoms with Crippen LogP contribution < -0.4 is 10.9 Å². The quantitative estimate of drug-likeness (QED) is 0.464. The van der Waals surface area contributed by atoms with E-state index in [9.17, 15) is 9.59 Å². The van der Waals surface area contributed by atoms with E-state index < -0.39 is 0 Å². The summed E-state index contributed by atoms with van der Waals surface area (Å²) in [5, 5.41) is 4.16. The van der Waals surface area contributed by atoms with Crippen molar-refractivity contribution in [3.8, 4) is 0 Å². The van der Waals surface area contributed by atoms with E-state index in [1.165, 1.54) is 10.4 Å². The lowest BCUT2D eigenvalue weighted by atomic mass is 10.1. The van der Waals surface area contributed by atoms with E-state index in [4.69, 9.17) is 9.97 Å². The molecule has 4 heterocycles. The normalized spacial score (nSPS) is 15.9. The monoisotopic (exact) mass is 485 g/mol. The summed E-state index contributed by atoms with van der Waals surface area (Å²) >= 11 is 1.55. The molecule has 35 heavy (non-hydrogen) atoms. The molecule has 0 unspecified atom stereocenters. The number of aryl methyl sites for hydroxylation is 1. The largest absolute Gasteiger partial charge is 0.298 e. The average Bonchev–Trinajstić information content (AvgIpc) is 3.11. The molecule has 8 heteroatoms. The van der Waals surface area contributed by atoms with Crippen LogP contribution in [0.15, 0.2) is 53.3 Å². The maximum absolute atomic E-state index is 13.0. The Morgan fingerprint density at radius 3 is 2.77 bits per heavy atom. The summed E-state index contributed by atoms with van der Waals surface area (Å²) in [5.74, 6) is 0.598. The highest BCUT2D eigenvalue weighted by Crippen LogP contribution is 2.29. The summed E-state index contributed by atoms with van der Waals surface area (Å²) in [4.78, 5) is 39.1. The number of fused-ring (bicyclic) bond motifs is 3. The number of hydrogen-bond donors (Lipinski definition) is 1. The molecule has 0 bridgehead atoms. The van der Waals surface area contributed by atoms with E-state index >= 15 is 0 Å². The first-order valence-electron chi connectivity index (χ1n) is 12.2. The van der Waals surface area contributed by atoms with Gasteiger partial charge in [-0.1, -0.05) is 36.8 Å². The number of carbonyl (C=O) groups excluding carboxylic acids is 1. The molecule has 2 aromatic heterocycles. The highest BCUT2D eigenvalue weighted by Gasteiger charge is 2.22. The standard InChI is InChI=1S/C27H27N5O2S/c33-25(19-10-11-20-22(15-19)28-24-9-5-2-6-13-32(24)26(20)34)30-27-29-21-12-14-31(17-23(21)35-27)16-18-7-3-1-4-8-18/h1,3-4,7-8,10-11,15H,2,5-6,9,12-14,16-17H2,(H,29,30,33). The molecule has 1 amide bonds. The van der Waals surface area contributed by atoms with E-state index in [-0.39, 0.29) is 11.5 Å². The van der Waals surface area contributed by atoms with Crippen LogP contribution in [-0.2, 0) is 32.5 Å². The maximum atomic E-state index is 13.0. The van der Waals surface area contributed by atoms with Crippen molar-refractivity contribution < 1.29 is 4.79 Å². The predicted molar refractivity (Wildman–Crippen MR) is 138 cm³/mol. The van der Waals surface area contributed by atoms with Crippen LogP contribution in [0.4, 0.5) is 5.13 Å². The number of carbonyl (C=O) groups is 1. The molecule has 2 aromatic carbocycles. The van der Waals surface area contributed by atoms with Gasteiger partial charge in [0, 0.05) is 49.5 Å². The van der Waals surface area contributed by atoms with Gasteiger partial charge in [0.2, 0.25) is 0 Å². The first kappa shape index (κ1) is 22.1. The Bertz CT molecular complexity index is 1460. The number of rotatable bonds is 4. The van der Waals surface area contributed by atoms with Crippen LogP contribution in [-0.4, -0.2) is 31.9 Å². The van der Waals surface area contributed by atoms with Gasteiger partial charge in [0.05, 0.1) is 16.6 Å². The second-order valence-corrected chi connectivity index (χ2v) is 10.4. The van der Waals surface area contributed by atoms with E-state index in [0.29, 0.717) is 21.6 Å². The molecular weight excluding hydrogens is 458 g/mol. The zero-order valence-electron chi connectivity index (χ0n) is 19.5. The number of nitrogens with one attached hydrogen (secondary N) is 1. The van der Waals surface area contributed by atoms with Gasteiger partial charge in [-0.3, -0.25) is 24.4 Å². The summed E-state index contributed by atoms with van der Waals surface area (Å²) in [6.45, 7) is 3.42. The molecule has 7 nitrogen and oxygen atoms in total. The van der Waals surface area contributed by atoms with Gasteiger partial charge in [0.15, 0.2) is 5.13 Å². The van der Waals surface area contributed by atoms with E-state index in [2.05, 4.69) is 34.5 Å². The maximum Gasteiger partial charge on any atom is 0.261 e. The Kier molecular flexibility index (Phi) is 5.91. The smallest absolute Gasteiger partial charge is 0.261 e. The van der Waals surface area contributed by atoms with Gasteiger partial charge in [-0.25, -0.2) is 9.97 Å². The van der Waals surface area contributed by atoms with Crippen molar-refractivity contribution in [3.63, 3.8) is 0 Å². The molecule has 0 saturated heterocycles.